The lowest BCUT2D eigenvalue weighted by Crippen LogP contribution is -2.25. The highest BCUT2D eigenvalue weighted by molar-refractivity contribution is 7.59. The van der Waals surface area contributed by atoms with Gasteiger partial charge in [0.05, 0.1) is 0 Å². The first-order valence-electron chi connectivity index (χ1n) is 3.76. The van der Waals surface area contributed by atoms with E-state index in [1.807, 2.05) is 6.92 Å². The van der Waals surface area contributed by atoms with Crippen LogP contribution in [0.1, 0.15) is 6.92 Å². The van der Waals surface area contributed by atoms with Crippen molar-refractivity contribution < 1.29 is 0 Å². The molecule has 5 nitrogen and oxygen atoms in total. The zero-order valence-electron chi connectivity index (χ0n) is 7.49. The van der Waals surface area contributed by atoms with Crippen LogP contribution in [0.25, 0.3) is 0 Å². The maximum atomic E-state index is 5.54. The molecule has 13 heavy (non-hydrogen) atoms. The number of hydrogen-bond donors (Lipinski definition) is 3. The summed E-state index contributed by atoms with van der Waals surface area (Å²) in [6.45, 7) is 2.59. The van der Waals surface area contributed by atoms with E-state index in [0.717, 1.165) is 0 Å². The largest absolute Gasteiger partial charge is 0.368 e. The van der Waals surface area contributed by atoms with Crippen molar-refractivity contribution in [1.82, 2.24) is 9.97 Å². The van der Waals surface area contributed by atoms with Crippen molar-refractivity contribution >= 4 is 25.3 Å². The highest BCUT2D eigenvalue weighted by atomic mass is 32.1. The number of anilines is 2. The van der Waals surface area contributed by atoms with Gasteiger partial charge in [-0.25, -0.2) is 4.98 Å². The summed E-state index contributed by atoms with van der Waals surface area (Å²) in [7, 11) is 0. The summed E-state index contributed by atoms with van der Waals surface area (Å²) >= 11 is 0. The third-order valence-corrected chi connectivity index (χ3v) is 1.28. The third-order valence-electron chi connectivity index (χ3n) is 1.28. The SMILES string of the molecule is C[C@H](N)CNc1ccnc(N)n1.S. The van der Waals surface area contributed by atoms with E-state index in [9.17, 15) is 0 Å². The van der Waals surface area contributed by atoms with Crippen LogP contribution in [0.15, 0.2) is 12.3 Å². The van der Waals surface area contributed by atoms with E-state index in [4.69, 9.17) is 11.5 Å². The molecule has 0 saturated carbocycles. The Bertz CT molecular complexity index is 252. The molecule has 1 rings (SSSR count). The Labute approximate surface area is 84.4 Å². The monoisotopic (exact) mass is 201 g/mol. The standard InChI is InChI=1S/C7H13N5.H2S/c1-5(8)4-11-6-2-3-10-7(9)12-6;/h2-3,5H,4,8H2,1H3,(H3,9,10,11,12);1H2/t5-;/m0./s1. The molecule has 0 aliphatic carbocycles. The fourth-order valence-corrected chi connectivity index (χ4v) is 0.738. The predicted octanol–water partition coefficient (Wildman–Crippen LogP) is -0.0693. The maximum Gasteiger partial charge on any atom is 0.221 e. The minimum absolute atomic E-state index is 0. The van der Waals surface area contributed by atoms with Gasteiger partial charge < -0.3 is 16.8 Å². The van der Waals surface area contributed by atoms with E-state index in [1.54, 1.807) is 12.3 Å². The molecule has 6 heteroatoms. The van der Waals surface area contributed by atoms with Crippen molar-refractivity contribution in [3.8, 4) is 0 Å². The van der Waals surface area contributed by atoms with Gasteiger partial charge in [0, 0.05) is 18.8 Å². The van der Waals surface area contributed by atoms with Gasteiger partial charge in [0.15, 0.2) is 0 Å². The number of aromatic nitrogens is 2. The summed E-state index contributed by atoms with van der Waals surface area (Å²) in [6, 6.07) is 1.85. The Hall–Kier alpha value is -1.01. The van der Waals surface area contributed by atoms with Crippen LogP contribution in [0.4, 0.5) is 11.8 Å². The fraction of sp³-hybridized carbons (Fsp3) is 0.429. The fourth-order valence-electron chi connectivity index (χ4n) is 0.738. The van der Waals surface area contributed by atoms with Crippen LogP contribution in [-0.4, -0.2) is 22.6 Å². The number of nitrogen functional groups attached to an aromatic ring is 1. The number of nitrogens with two attached hydrogens (primary N) is 2. The number of hydrogen-bond acceptors (Lipinski definition) is 5. The second kappa shape index (κ2) is 5.60. The van der Waals surface area contributed by atoms with Gasteiger partial charge in [-0.05, 0) is 13.0 Å². The summed E-state index contributed by atoms with van der Waals surface area (Å²) in [5.41, 5.74) is 10.9. The molecule has 0 spiro atoms. The van der Waals surface area contributed by atoms with Gasteiger partial charge in [0.2, 0.25) is 5.95 Å². The lowest BCUT2D eigenvalue weighted by molar-refractivity contribution is 0.777. The molecule has 1 aromatic rings. The molecule has 0 unspecified atom stereocenters. The molecule has 1 aromatic heterocycles. The molecule has 1 atom stereocenters. The van der Waals surface area contributed by atoms with Gasteiger partial charge in [-0.15, -0.1) is 0 Å². The highest BCUT2D eigenvalue weighted by Gasteiger charge is 1.96. The second-order valence-corrected chi connectivity index (χ2v) is 2.66. The van der Waals surface area contributed by atoms with Gasteiger partial charge in [-0.2, -0.15) is 18.5 Å². The molecule has 0 fully saturated rings. The van der Waals surface area contributed by atoms with Gasteiger partial charge in [0.25, 0.3) is 0 Å². The van der Waals surface area contributed by atoms with Crippen molar-refractivity contribution in [2.75, 3.05) is 17.6 Å². The molecular formula is C7H15N5S. The van der Waals surface area contributed by atoms with Crippen LogP contribution < -0.4 is 16.8 Å². The summed E-state index contributed by atoms with van der Waals surface area (Å²) in [4.78, 5) is 7.71. The van der Waals surface area contributed by atoms with Gasteiger partial charge >= 0.3 is 0 Å². The summed E-state index contributed by atoms with van der Waals surface area (Å²) < 4.78 is 0. The van der Waals surface area contributed by atoms with Crippen LogP contribution >= 0.6 is 13.5 Å². The molecule has 0 aliphatic heterocycles. The van der Waals surface area contributed by atoms with Crippen molar-refractivity contribution in [2.24, 2.45) is 5.73 Å². The molecule has 0 bridgehead atoms. The summed E-state index contributed by atoms with van der Waals surface area (Å²) in [5, 5.41) is 3.03. The van der Waals surface area contributed by atoms with E-state index >= 15 is 0 Å². The van der Waals surface area contributed by atoms with Crippen LogP contribution in [0, 0.1) is 0 Å². The topological polar surface area (TPSA) is 89.8 Å². The second-order valence-electron chi connectivity index (χ2n) is 2.66. The Balaban J connectivity index is 0.00000144. The molecule has 74 valence electrons. The van der Waals surface area contributed by atoms with E-state index in [0.29, 0.717) is 12.4 Å². The van der Waals surface area contributed by atoms with E-state index in [-0.39, 0.29) is 25.5 Å². The van der Waals surface area contributed by atoms with Crippen LogP contribution in [0.5, 0.6) is 0 Å². The number of nitrogens with one attached hydrogen (secondary N) is 1. The lowest BCUT2D eigenvalue weighted by Gasteiger charge is -2.07. The van der Waals surface area contributed by atoms with Crippen LogP contribution in [0.3, 0.4) is 0 Å². The maximum absolute atomic E-state index is 5.54. The average molecular weight is 201 g/mol. The van der Waals surface area contributed by atoms with Gasteiger partial charge in [-0.1, -0.05) is 0 Å². The van der Waals surface area contributed by atoms with Gasteiger partial charge in [0.1, 0.15) is 5.82 Å². The lowest BCUT2D eigenvalue weighted by atomic mass is 10.3. The molecule has 0 amide bonds. The smallest absolute Gasteiger partial charge is 0.221 e. The Kier molecular flexibility index (Phi) is 5.17. The minimum atomic E-state index is 0. The third kappa shape index (κ3) is 4.54. The molecule has 5 N–H and O–H groups in total. The van der Waals surface area contributed by atoms with E-state index in [1.165, 1.54) is 0 Å². The molecule has 0 aromatic carbocycles. The van der Waals surface area contributed by atoms with Crippen LogP contribution in [0.2, 0.25) is 0 Å². The Morgan fingerprint density at radius 3 is 2.85 bits per heavy atom. The number of rotatable bonds is 3. The summed E-state index contributed by atoms with van der Waals surface area (Å²) in [6.07, 6.45) is 1.60. The highest BCUT2D eigenvalue weighted by Crippen LogP contribution is 2.01. The van der Waals surface area contributed by atoms with E-state index in [2.05, 4.69) is 15.3 Å². The quantitative estimate of drug-likeness (QED) is 0.637. The van der Waals surface area contributed by atoms with Gasteiger partial charge in [-0.3, -0.25) is 0 Å². The first kappa shape index (κ1) is 12.0. The normalized spacial score (nSPS) is 11.5. The Morgan fingerprint density at radius 1 is 1.62 bits per heavy atom. The molecule has 1 heterocycles. The van der Waals surface area contributed by atoms with E-state index < -0.39 is 0 Å². The minimum Gasteiger partial charge on any atom is -0.368 e. The van der Waals surface area contributed by atoms with Crippen molar-refractivity contribution in [3.05, 3.63) is 12.3 Å². The Morgan fingerprint density at radius 2 is 2.31 bits per heavy atom. The number of nitrogens with zero attached hydrogens (tertiary/aromatic N) is 2. The summed E-state index contributed by atoms with van der Waals surface area (Å²) in [5.74, 6) is 0.976. The van der Waals surface area contributed by atoms with Crippen molar-refractivity contribution in [1.29, 1.82) is 0 Å². The van der Waals surface area contributed by atoms with Crippen LogP contribution in [-0.2, 0) is 0 Å². The zero-order chi connectivity index (χ0) is 8.97. The first-order chi connectivity index (χ1) is 5.68. The van der Waals surface area contributed by atoms with Crippen molar-refractivity contribution in [2.45, 2.75) is 13.0 Å². The molecular weight excluding hydrogens is 186 g/mol. The zero-order valence-corrected chi connectivity index (χ0v) is 8.49. The molecule has 0 saturated heterocycles. The average Bonchev–Trinajstić information content (AvgIpc) is 2.01. The van der Waals surface area contributed by atoms with Crippen molar-refractivity contribution in [3.63, 3.8) is 0 Å². The molecule has 0 radical (unpaired) electrons. The first-order valence-corrected chi connectivity index (χ1v) is 3.76. The molecule has 0 aliphatic rings. The predicted molar refractivity (Wildman–Crippen MR) is 59.0 cm³/mol.